The number of thioether (sulfide) groups is 1. The Bertz CT molecular complexity index is 397. The number of hydrogen-bond acceptors (Lipinski definition) is 8. The van der Waals surface area contributed by atoms with Crippen molar-refractivity contribution in [2.75, 3.05) is 12.3 Å². The van der Waals surface area contributed by atoms with Crippen LogP contribution in [0, 0.1) is 0 Å². The second-order valence-corrected chi connectivity index (χ2v) is 5.28. The third-order valence-corrected chi connectivity index (χ3v) is 2.33. The summed E-state index contributed by atoms with van der Waals surface area (Å²) in [4.78, 5) is 45.2. The fraction of sp³-hybridized carbons (Fsp3) is 0.667. The lowest BCUT2D eigenvalue weighted by molar-refractivity contribution is -0.175. The van der Waals surface area contributed by atoms with Gasteiger partial charge in [0.25, 0.3) is 0 Å². The van der Waals surface area contributed by atoms with Gasteiger partial charge in [-0.1, -0.05) is 6.92 Å². The van der Waals surface area contributed by atoms with Crippen molar-refractivity contribution >= 4 is 34.9 Å². The Balaban J connectivity index is 4.63. The van der Waals surface area contributed by atoms with Crippen LogP contribution in [-0.2, 0) is 23.8 Å². The predicted molar refractivity (Wildman–Crippen MR) is 74.8 cm³/mol. The SMILES string of the molecule is CCSC(=O)OC(OC(=O)NCC(C)=O)C(=O)OC(C)C. The summed E-state index contributed by atoms with van der Waals surface area (Å²) >= 11 is 0.807. The van der Waals surface area contributed by atoms with Gasteiger partial charge in [0.05, 0.1) is 12.6 Å². The quantitative estimate of drug-likeness (QED) is 0.554. The van der Waals surface area contributed by atoms with Crippen LogP contribution < -0.4 is 5.32 Å². The van der Waals surface area contributed by atoms with E-state index in [1.54, 1.807) is 20.8 Å². The Morgan fingerprint density at radius 1 is 1.10 bits per heavy atom. The number of hydrogen-bond donors (Lipinski definition) is 1. The summed E-state index contributed by atoms with van der Waals surface area (Å²) < 4.78 is 14.2. The van der Waals surface area contributed by atoms with Gasteiger partial charge in [0.1, 0.15) is 5.78 Å². The van der Waals surface area contributed by atoms with Crippen molar-refractivity contribution in [2.45, 2.75) is 40.1 Å². The maximum atomic E-state index is 11.7. The minimum Gasteiger partial charge on any atom is -0.457 e. The highest BCUT2D eigenvalue weighted by Crippen LogP contribution is 2.10. The summed E-state index contributed by atoms with van der Waals surface area (Å²) in [5, 5.41) is 1.33. The van der Waals surface area contributed by atoms with Crippen LogP contribution in [0.3, 0.4) is 0 Å². The minimum atomic E-state index is -1.81. The maximum absolute atomic E-state index is 11.7. The van der Waals surface area contributed by atoms with Crippen LogP contribution in [0.4, 0.5) is 9.59 Å². The average molecular weight is 321 g/mol. The number of rotatable bonds is 7. The van der Waals surface area contributed by atoms with E-state index < -0.39 is 29.8 Å². The molecule has 8 nitrogen and oxygen atoms in total. The van der Waals surface area contributed by atoms with Gasteiger partial charge in [-0.05, 0) is 32.5 Å². The molecule has 0 aromatic carbocycles. The number of nitrogens with one attached hydrogen (secondary N) is 1. The number of alkyl carbamates (subject to hydrolysis) is 1. The zero-order valence-corrected chi connectivity index (χ0v) is 13.2. The molecule has 0 fully saturated rings. The van der Waals surface area contributed by atoms with E-state index in [-0.39, 0.29) is 12.3 Å². The van der Waals surface area contributed by atoms with Crippen LogP contribution in [0.5, 0.6) is 0 Å². The first-order chi connectivity index (χ1) is 9.76. The number of ketones is 1. The van der Waals surface area contributed by atoms with Crippen molar-refractivity contribution < 1.29 is 33.4 Å². The van der Waals surface area contributed by atoms with E-state index in [2.05, 4.69) is 10.1 Å². The van der Waals surface area contributed by atoms with Crippen molar-refractivity contribution in [1.29, 1.82) is 0 Å². The molecule has 1 atom stereocenters. The summed E-state index contributed by atoms with van der Waals surface area (Å²) in [6.07, 6.45) is -3.35. The maximum Gasteiger partial charge on any atom is 0.411 e. The molecule has 0 saturated heterocycles. The van der Waals surface area contributed by atoms with Crippen LogP contribution in [0.1, 0.15) is 27.7 Å². The molecular formula is C12H19NO7S. The van der Waals surface area contributed by atoms with E-state index in [4.69, 9.17) is 9.47 Å². The third kappa shape index (κ3) is 9.72. The van der Waals surface area contributed by atoms with Gasteiger partial charge in [-0.15, -0.1) is 0 Å². The molecule has 0 aliphatic carbocycles. The molecule has 0 aromatic rings. The summed E-state index contributed by atoms with van der Waals surface area (Å²) in [5.74, 6) is -0.874. The van der Waals surface area contributed by atoms with Crippen LogP contribution in [0.2, 0.25) is 0 Å². The van der Waals surface area contributed by atoms with E-state index in [1.165, 1.54) is 6.92 Å². The lowest BCUT2D eigenvalue weighted by Gasteiger charge is -2.18. The van der Waals surface area contributed by atoms with Gasteiger partial charge in [-0.2, -0.15) is 0 Å². The molecule has 1 amide bonds. The Morgan fingerprint density at radius 2 is 1.71 bits per heavy atom. The molecule has 0 radical (unpaired) electrons. The molecule has 0 saturated carbocycles. The van der Waals surface area contributed by atoms with Gasteiger partial charge < -0.3 is 19.5 Å². The zero-order valence-electron chi connectivity index (χ0n) is 12.3. The smallest absolute Gasteiger partial charge is 0.411 e. The van der Waals surface area contributed by atoms with Crippen molar-refractivity contribution in [3.8, 4) is 0 Å². The van der Waals surface area contributed by atoms with E-state index in [0.717, 1.165) is 11.8 Å². The number of amides is 1. The van der Waals surface area contributed by atoms with Crippen molar-refractivity contribution in [3.63, 3.8) is 0 Å². The molecule has 0 aliphatic heterocycles. The average Bonchev–Trinajstić information content (AvgIpc) is 2.35. The summed E-state index contributed by atoms with van der Waals surface area (Å²) in [6.45, 7) is 5.90. The number of carbonyl (C=O) groups is 4. The predicted octanol–water partition coefficient (Wildman–Crippen LogP) is 1.47. The Hall–Kier alpha value is -1.77. The van der Waals surface area contributed by atoms with E-state index in [1.807, 2.05) is 0 Å². The number of Topliss-reactive ketones (excluding diaryl/α,β-unsaturated/α-hetero) is 1. The van der Waals surface area contributed by atoms with E-state index >= 15 is 0 Å². The van der Waals surface area contributed by atoms with Gasteiger partial charge >= 0.3 is 23.7 Å². The highest BCUT2D eigenvalue weighted by Gasteiger charge is 2.29. The molecule has 0 heterocycles. The fourth-order valence-electron chi connectivity index (χ4n) is 0.983. The molecule has 1 unspecified atom stereocenters. The van der Waals surface area contributed by atoms with Crippen molar-refractivity contribution in [2.24, 2.45) is 0 Å². The first-order valence-electron chi connectivity index (χ1n) is 6.24. The molecule has 0 aliphatic rings. The standard InChI is InChI=1S/C12H19NO7S/c1-5-21-12(17)20-10(9(15)18-7(2)3)19-11(16)13-6-8(4)14/h7,10H,5-6H2,1-4H3,(H,13,16). The topological polar surface area (TPSA) is 108 Å². The minimum absolute atomic E-state index is 0.261. The Morgan fingerprint density at radius 3 is 2.19 bits per heavy atom. The summed E-state index contributed by atoms with van der Waals surface area (Å²) in [5.41, 5.74) is 0. The molecule has 0 spiro atoms. The van der Waals surface area contributed by atoms with Gasteiger partial charge in [0, 0.05) is 5.75 Å². The highest BCUT2D eigenvalue weighted by atomic mass is 32.2. The fourth-order valence-corrected chi connectivity index (χ4v) is 1.37. The van der Waals surface area contributed by atoms with E-state index in [0.29, 0.717) is 5.75 Å². The number of esters is 1. The van der Waals surface area contributed by atoms with Crippen LogP contribution >= 0.6 is 11.8 Å². The zero-order chi connectivity index (χ0) is 16.4. The van der Waals surface area contributed by atoms with Gasteiger partial charge in [0.15, 0.2) is 0 Å². The second kappa shape index (κ2) is 10.0. The molecule has 1 N–H and O–H groups in total. The normalized spacial score (nSPS) is 11.5. The molecule has 0 aromatic heterocycles. The molecular weight excluding hydrogens is 302 g/mol. The third-order valence-electron chi connectivity index (χ3n) is 1.71. The molecule has 21 heavy (non-hydrogen) atoms. The lowest BCUT2D eigenvalue weighted by atomic mass is 10.4. The van der Waals surface area contributed by atoms with Crippen LogP contribution in [0.15, 0.2) is 0 Å². The van der Waals surface area contributed by atoms with Gasteiger partial charge in [-0.25, -0.2) is 14.4 Å². The summed E-state index contributed by atoms with van der Waals surface area (Å²) in [6, 6.07) is 0. The molecule has 9 heteroatoms. The molecule has 0 bridgehead atoms. The molecule has 120 valence electrons. The van der Waals surface area contributed by atoms with E-state index in [9.17, 15) is 19.2 Å². The second-order valence-electron chi connectivity index (χ2n) is 4.08. The first-order valence-corrected chi connectivity index (χ1v) is 7.22. The number of carbonyl (C=O) groups excluding carboxylic acids is 4. The van der Waals surface area contributed by atoms with Crippen molar-refractivity contribution in [3.05, 3.63) is 0 Å². The monoisotopic (exact) mass is 321 g/mol. The number of ether oxygens (including phenoxy) is 3. The Labute approximate surface area is 126 Å². The lowest BCUT2D eigenvalue weighted by Crippen LogP contribution is -2.39. The largest absolute Gasteiger partial charge is 0.457 e. The first kappa shape index (κ1) is 19.2. The molecule has 0 rings (SSSR count). The summed E-state index contributed by atoms with van der Waals surface area (Å²) in [7, 11) is 0. The van der Waals surface area contributed by atoms with Crippen LogP contribution in [0.25, 0.3) is 0 Å². The Kier molecular flexibility index (Phi) is 9.18. The van der Waals surface area contributed by atoms with Gasteiger partial charge in [0.2, 0.25) is 0 Å². The van der Waals surface area contributed by atoms with Gasteiger partial charge in [-0.3, -0.25) is 4.79 Å². The van der Waals surface area contributed by atoms with Crippen molar-refractivity contribution in [1.82, 2.24) is 5.32 Å². The highest BCUT2D eigenvalue weighted by molar-refractivity contribution is 8.13. The van der Waals surface area contributed by atoms with Crippen LogP contribution in [-0.4, -0.2) is 47.8 Å².